The molecule has 1 aliphatic carbocycles. The van der Waals surface area contributed by atoms with Crippen LogP contribution in [0, 0.1) is 5.92 Å². The summed E-state index contributed by atoms with van der Waals surface area (Å²) in [5.41, 5.74) is 1.52. The molecule has 0 saturated heterocycles. The minimum atomic E-state index is 0.740. The molecule has 0 N–H and O–H groups in total. The van der Waals surface area contributed by atoms with E-state index >= 15 is 0 Å². The van der Waals surface area contributed by atoms with E-state index in [0.717, 1.165) is 11.8 Å². The van der Waals surface area contributed by atoms with Crippen LogP contribution in [0.25, 0.3) is 0 Å². The molecule has 1 aliphatic rings. The first-order valence-corrected chi connectivity index (χ1v) is 6.91. The second-order valence-corrected chi connectivity index (χ2v) is 5.41. The third-order valence-corrected chi connectivity index (χ3v) is 4.03. The van der Waals surface area contributed by atoms with Gasteiger partial charge in [0.25, 0.3) is 0 Å². The molecule has 0 spiro atoms. The fourth-order valence-electron chi connectivity index (χ4n) is 3.02. The van der Waals surface area contributed by atoms with E-state index in [9.17, 15) is 0 Å². The molecule has 1 aromatic rings. The molecule has 1 aromatic carbocycles. The van der Waals surface area contributed by atoms with E-state index < -0.39 is 0 Å². The van der Waals surface area contributed by atoms with Crippen LogP contribution in [-0.4, -0.2) is 0 Å². The van der Waals surface area contributed by atoms with Crippen LogP contribution < -0.4 is 0 Å². The van der Waals surface area contributed by atoms with Gasteiger partial charge < -0.3 is 0 Å². The van der Waals surface area contributed by atoms with Gasteiger partial charge in [0.05, 0.1) is 0 Å². The SMILES string of the molecule is CC(CC1CCCCCC1)c1ccccc1. The van der Waals surface area contributed by atoms with E-state index in [1.54, 1.807) is 0 Å². The highest BCUT2D eigenvalue weighted by Crippen LogP contribution is 2.31. The third kappa shape index (κ3) is 3.37. The first-order chi connectivity index (χ1) is 7.86. The number of hydrogen-bond acceptors (Lipinski definition) is 0. The quantitative estimate of drug-likeness (QED) is 0.613. The van der Waals surface area contributed by atoms with Gasteiger partial charge in [-0.05, 0) is 23.8 Å². The molecule has 88 valence electrons. The summed E-state index contributed by atoms with van der Waals surface area (Å²) in [5, 5.41) is 0. The Labute approximate surface area is 100 Å². The van der Waals surface area contributed by atoms with Gasteiger partial charge >= 0.3 is 0 Å². The molecular formula is C16H24. The summed E-state index contributed by atoms with van der Waals surface area (Å²) >= 11 is 0. The summed E-state index contributed by atoms with van der Waals surface area (Å²) in [6.07, 6.45) is 10.2. The highest BCUT2D eigenvalue weighted by atomic mass is 14.2. The molecular weight excluding hydrogens is 192 g/mol. The molecule has 0 heteroatoms. The zero-order valence-corrected chi connectivity index (χ0v) is 10.5. The van der Waals surface area contributed by atoms with E-state index in [2.05, 4.69) is 37.3 Å². The molecule has 0 bridgehead atoms. The topological polar surface area (TPSA) is 0 Å². The molecule has 0 heterocycles. The maximum atomic E-state index is 2.39. The Morgan fingerprint density at radius 2 is 1.62 bits per heavy atom. The Morgan fingerprint density at radius 1 is 1.00 bits per heavy atom. The van der Waals surface area contributed by atoms with Gasteiger partial charge in [-0.3, -0.25) is 0 Å². The third-order valence-electron chi connectivity index (χ3n) is 4.03. The minimum Gasteiger partial charge on any atom is -0.0622 e. The fraction of sp³-hybridized carbons (Fsp3) is 0.625. The summed E-state index contributed by atoms with van der Waals surface area (Å²) < 4.78 is 0. The summed E-state index contributed by atoms with van der Waals surface area (Å²) in [6.45, 7) is 2.39. The Kier molecular flexibility index (Phi) is 4.44. The Bertz CT molecular complexity index is 280. The molecule has 0 nitrogen and oxygen atoms in total. The highest BCUT2D eigenvalue weighted by molar-refractivity contribution is 5.18. The van der Waals surface area contributed by atoms with Crippen molar-refractivity contribution in [3.05, 3.63) is 35.9 Å². The summed E-state index contributed by atoms with van der Waals surface area (Å²) in [4.78, 5) is 0. The lowest BCUT2D eigenvalue weighted by atomic mass is 9.86. The molecule has 0 aliphatic heterocycles. The molecule has 0 aromatic heterocycles. The van der Waals surface area contributed by atoms with Crippen molar-refractivity contribution in [3.63, 3.8) is 0 Å². The van der Waals surface area contributed by atoms with E-state index in [4.69, 9.17) is 0 Å². The average molecular weight is 216 g/mol. The van der Waals surface area contributed by atoms with Crippen LogP contribution in [0.15, 0.2) is 30.3 Å². The first-order valence-electron chi connectivity index (χ1n) is 6.91. The summed E-state index contributed by atoms with van der Waals surface area (Å²) in [6, 6.07) is 11.0. The standard InChI is InChI=1S/C16H24/c1-14(16-11-7-4-8-12-16)13-15-9-5-2-3-6-10-15/h4,7-8,11-12,14-15H,2-3,5-6,9-10,13H2,1H3. The lowest BCUT2D eigenvalue weighted by Gasteiger charge is -2.19. The van der Waals surface area contributed by atoms with Crippen molar-refractivity contribution in [2.75, 3.05) is 0 Å². The molecule has 0 radical (unpaired) electrons. The minimum absolute atomic E-state index is 0.740. The fourth-order valence-corrected chi connectivity index (χ4v) is 3.02. The zero-order chi connectivity index (χ0) is 11.2. The van der Waals surface area contributed by atoms with Crippen LogP contribution in [0.4, 0.5) is 0 Å². The molecule has 1 saturated carbocycles. The summed E-state index contributed by atoms with van der Waals surface area (Å²) in [5.74, 6) is 1.72. The van der Waals surface area contributed by atoms with Gasteiger partial charge in [-0.2, -0.15) is 0 Å². The zero-order valence-electron chi connectivity index (χ0n) is 10.5. The lowest BCUT2D eigenvalue weighted by molar-refractivity contribution is 0.399. The predicted molar refractivity (Wildman–Crippen MR) is 70.7 cm³/mol. The molecule has 1 unspecified atom stereocenters. The van der Waals surface area contributed by atoms with Crippen molar-refractivity contribution < 1.29 is 0 Å². The Hall–Kier alpha value is -0.780. The predicted octanol–water partition coefficient (Wildman–Crippen LogP) is 5.15. The highest BCUT2D eigenvalue weighted by Gasteiger charge is 2.16. The van der Waals surface area contributed by atoms with Gasteiger partial charge in [0.2, 0.25) is 0 Å². The van der Waals surface area contributed by atoms with Gasteiger partial charge in [-0.1, -0.05) is 75.8 Å². The summed E-state index contributed by atoms with van der Waals surface area (Å²) in [7, 11) is 0. The maximum Gasteiger partial charge on any atom is -0.0188 e. The van der Waals surface area contributed by atoms with Crippen LogP contribution in [0.1, 0.15) is 63.4 Å². The van der Waals surface area contributed by atoms with Crippen molar-refractivity contribution in [2.24, 2.45) is 5.92 Å². The number of hydrogen-bond donors (Lipinski definition) is 0. The molecule has 16 heavy (non-hydrogen) atoms. The van der Waals surface area contributed by atoms with Crippen LogP contribution in [0.2, 0.25) is 0 Å². The van der Waals surface area contributed by atoms with Gasteiger partial charge in [0, 0.05) is 0 Å². The van der Waals surface area contributed by atoms with E-state index in [1.807, 2.05) is 0 Å². The van der Waals surface area contributed by atoms with E-state index in [1.165, 1.54) is 50.5 Å². The monoisotopic (exact) mass is 216 g/mol. The van der Waals surface area contributed by atoms with Gasteiger partial charge in [0.1, 0.15) is 0 Å². The smallest absolute Gasteiger partial charge is 0.0188 e. The number of rotatable bonds is 3. The van der Waals surface area contributed by atoms with Gasteiger partial charge in [-0.25, -0.2) is 0 Å². The van der Waals surface area contributed by atoms with Crippen LogP contribution in [0.5, 0.6) is 0 Å². The molecule has 0 amide bonds. The molecule has 2 rings (SSSR count). The molecule has 1 atom stereocenters. The van der Waals surface area contributed by atoms with Gasteiger partial charge in [-0.15, -0.1) is 0 Å². The van der Waals surface area contributed by atoms with Crippen LogP contribution >= 0.6 is 0 Å². The van der Waals surface area contributed by atoms with E-state index in [-0.39, 0.29) is 0 Å². The largest absolute Gasteiger partial charge is 0.0622 e. The second-order valence-electron chi connectivity index (χ2n) is 5.41. The van der Waals surface area contributed by atoms with Crippen molar-refractivity contribution >= 4 is 0 Å². The van der Waals surface area contributed by atoms with Crippen molar-refractivity contribution in [1.82, 2.24) is 0 Å². The first kappa shape index (κ1) is 11.7. The average Bonchev–Trinajstić information content (AvgIpc) is 2.59. The maximum absolute atomic E-state index is 2.39. The van der Waals surface area contributed by atoms with Crippen molar-refractivity contribution in [3.8, 4) is 0 Å². The number of benzene rings is 1. The van der Waals surface area contributed by atoms with Crippen molar-refractivity contribution in [1.29, 1.82) is 0 Å². The van der Waals surface area contributed by atoms with Crippen LogP contribution in [0.3, 0.4) is 0 Å². The Balaban J connectivity index is 1.88. The Morgan fingerprint density at radius 3 is 2.25 bits per heavy atom. The molecule has 1 fully saturated rings. The van der Waals surface area contributed by atoms with E-state index in [0.29, 0.717) is 0 Å². The van der Waals surface area contributed by atoms with Gasteiger partial charge in [0.15, 0.2) is 0 Å². The van der Waals surface area contributed by atoms with Crippen molar-refractivity contribution in [2.45, 2.75) is 57.8 Å². The normalized spacial score (nSPS) is 20.3. The lowest BCUT2D eigenvalue weighted by Crippen LogP contribution is -2.04. The second kappa shape index (κ2) is 6.08. The van der Waals surface area contributed by atoms with Crippen LogP contribution in [-0.2, 0) is 0 Å².